The molecule has 2 aromatic carbocycles. The number of carbonyl (C=O) groups is 1. The van der Waals surface area contributed by atoms with Crippen molar-refractivity contribution in [2.75, 3.05) is 37.7 Å². The Morgan fingerprint density at radius 3 is 2.66 bits per heavy atom. The van der Waals surface area contributed by atoms with Gasteiger partial charge in [0.1, 0.15) is 5.65 Å². The molecule has 0 bridgehead atoms. The Labute approximate surface area is 211 Å². The summed E-state index contributed by atoms with van der Waals surface area (Å²) in [5.41, 5.74) is 5.83. The number of anilines is 1. The number of benzene rings is 2. The van der Waals surface area contributed by atoms with E-state index in [4.69, 9.17) is 9.72 Å². The van der Waals surface area contributed by atoms with E-state index in [-0.39, 0.29) is 5.91 Å². The van der Waals surface area contributed by atoms with Crippen molar-refractivity contribution in [3.63, 3.8) is 0 Å². The first-order chi connectivity index (χ1) is 17.2. The number of aromatic nitrogens is 2. The molecule has 3 aromatic heterocycles. The Balaban J connectivity index is 1.30. The lowest BCUT2D eigenvalue weighted by Gasteiger charge is -2.26. The fourth-order valence-corrected chi connectivity index (χ4v) is 6.12. The molecule has 1 aliphatic rings. The zero-order chi connectivity index (χ0) is 23.8. The zero-order valence-electron chi connectivity index (χ0n) is 19.2. The molecule has 0 atom stereocenters. The van der Waals surface area contributed by atoms with Crippen molar-refractivity contribution in [1.82, 2.24) is 14.9 Å². The first-order valence-electron chi connectivity index (χ1n) is 11.5. The van der Waals surface area contributed by atoms with Crippen LogP contribution in [-0.4, -0.2) is 54.1 Å². The molecule has 0 unspecified atom stereocenters. The summed E-state index contributed by atoms with van der Waals surface area (Å²) in [6.45, 7) is 2.49. The molecule has 4 heterocycles. The number of thiophene rings is 1. The summed E-state index contributed by atoms with van der Waals surface area (Å²) in [6.07, 6.45) is 1.89. The Morgan fingerprint density at radius 2 is 1.89 bits per heavy atom. The third-order valence-corrected chi connectivity index (χ3v) is 8.26. The van der Waals surface area contributed by atoms with Crippen molar-refractivity contribution in [3.05, 3.63) is 77.8 Å². The molecule has 1 amide bonds. The lowest BCUT2D eigenvalue weighted by molar-refractivity contribution is 0.0303. The lowest BCUT2D eigenvalue weighted by atomic mass is 10.0. The number of pyridine rings is 1. The van der Waals surface area contributed by atoms with Crippen molar-refractivity contribution in [3.8, 4) is 11.1 Å². The number of hydrogen-bond acceptors (Lipinski definition) is 6. The predicted molar refractivity (Wildman–Crippen MR) is 144 cm³/mol. The van der Waals surface area contributed by atoms with Crippen LogP contribution in [0.15, 0.2) is 76.4 Å². The minimum atomic E-state index is 0.0575. The van der Waals surface area contributed by atoms with Crippen LogP contribution in [-0.2, 0) is 4.74 Å². The molecule has 176 valence electrons. The third-order valence-electron chi connectivity index (χ3n) is 6.28. The van der Waals surface area contributed by atoms with E-state index in [2.05, 4.69) is 58.1 Å². The van der Waals surface area contributed by atoms with Crippen LogP contribution in [0.4, 0.5) is 5.69 Å². The number of H-pyrrole nitrogens is 1. The summed E-state index contributed by atoms with van der Waals surface area (Å²) in [5, 5.41) is 4.32. The van der Waals surface area contributed by atoms with E-state index in [1.54, 1.807) is 23.3 Å². The monoisotopic (exact) mass is 500 g/mol. The first kappa shape index (κ1) is 22.2. The quantitative estimate of drug-likeness (QED) is 0.297. The molecule has 1 saturated heterocycles. The maximum Gasteiger partial charge on any atom is 0.254 e. The maximum atomic E-state index is 12.8. The van der Waals surface area contributed by atoms with Gasteiger partial charge in [-0.1, -0.05) is 18.2 Å². The Hall–Kier alpha value is -3.33. The Kier molecular flexibility index (Phi) is 5.93. The molecular weight excluding hydrogens is 476 g/mol. The molecule has 6 rings (SSSR count). The summed E-state index contributed by atoms with van der Waals surface area (Å²) in [6, 6.07) is 20.6. The average molecular weight is 501 g/mol. The number of amides is 1. The van der Waals surface area contributed by atoms with Crippen LogP contribution in [0.3, 0.4) is 0 Å². The summed E-state index contributed by atoms with van der Waals surface area (Å²) in [5.74, 6) is 0.0575. The average Bonchev–Trinajstić information content (AvgIpc) is 3.55. The van der Waals surface area contributed by atoms with Crippen LogP contribution in [0.25, 0.3) is 33.1 Å². The highest BCUT2D eigenvalue weighted by Gasteiger charge is 2.18. The second-order valence-electron chi connectivity index (χ2n) is 8.48. The highest BCUT2D eigenvalue weighted by atomic mass is 32.2. The highest BCUT2D eigenvalue weighted by molar-refractivity contribution is 8.02. The third kappa shape index (κ3) is 4.40. The second-order valence-corrected chi connectivity index (χ2v) is 10.9. The van der Waals surface area contributed by atoms with Crippen LogP contribution >= 0.6 is 23.3 Å². The Bertz CT molecular complexity index is 1490. The van der Waals surface area contributed by atoms with Crippen molar-refractivity contribution in [2.24, 2.45) is 0 Å². The summed E-state index contributed by atoms with van der Waals surface area (Å²) < 4.78 is 8.80. The summed E-state index contributed by atoms with van der Waals surface area (Å²) in [4.78, 5) is 22.8. The van der Waals surface area contributed by atoms with Crippen molar-refractivity contribution in [1.29, 1.82) is 0 Å². The lowest BCUT2D eigenvalue weighted by Crippen LogP contribution is -2.40. The SMILES string of the molecule is CN(Sc1cccs1)c1ccc2[nH]c3ncc(-c4ccc(C(=O)N5CCOCC5)cc4)cc3c2c1. The molecular formula is C27H24N4O2S2. The van der Waals surface area contributed by atoms with Crippen molar-refractivity contribution < 1.29 is 9.53 Å². The van der Waals surface area contributed by atoms with E-state index < -0.39 is 0 Å². The molecule has 1 aliphatic heterocycles. The predicted octanol–water partition coefficient (Wildman–Crippen LogP) is 6.06. The number of carbonyl (C=O) groups excluding carboxylic acids is 1. The normalized spacial score (nSPS) is 14.0. The maximum absolute atomic E-state index is 12.8. The van der Waals surface area contributed by atoms with Crippen LogP contribution in [0, 0.1) is 0 Å². The van der Waals surface area contributed by atoms with Gasteiger partial charge in [-0.05, 0) is 65.4 Å². The van der Waals surface area contributed by atoms with E-state index in [9.17, 15) is 4.79 Å². The van der Waals surface area contributed by atoms with Crippen LogP contribution in [0.2, 0.25) is 0 Å². The minimum Gasteiger partial charge on any atom is -0.378 e. The molecule has 0 radical (unpaired) electrons. The standard InChI is InChI=1S/C27H24N4O2S2/c1-30(35-25-3-2-14-34-25)21-8-9-24-22(16-21)23-15-20(17-28-26(23)29-24)18-4-6-19(7-5-18)27(32)31-10-12-33-13-11-31/h2-9,14-17H,10-13H2,1H3,(H,28,29). The van der Waals surface area contributed by atoms with Gasteiger partial charge >= 0.3 is 0 Å². The number of hydrogen-bond donors (Lipinski definition) is 1. The van der Waals surface area contributed by atoms with Crippen LogP contribution in [0.5, 0.6) is 0 Å². The number of morpholine rings is 1. The number of rotatable bonds is 5. The fourth-order valence-electron chi connectivity index (χ4n) is 4.37. The molecule has 1 fully saturated rings. The van der Waals surface area contributed by atoms with Gasteiger partial charge < -0.3 is 18.9 Å². The summed E-state index contributed by atoms with van der Waals surface area (Å²) in [7, 11) is 2.09. The topological polar surface area (TPSA) is 61.5 Å². The molecule has 0 saturated carbocycles. The molecule has 35 heavy (non-hydrogen) atoms. The molecule has 0 spiro atoms. The largest absolute Gasteiger partial charge is 0.378 e. The van der Waals surface area contributed by atoms with E-state index in [0.717, 1.165) is 38.8 Å². The Morgan fingerprint density at radius 1 is 1.06 bits per heavy atom. The van der Waals surface area contributed by atoms with Gasteiger partial charge in [0.15, 0.2) is 0 Å². The molecule has 0 aliphatic carbocycles. The van der Waals surface area contributed by atoms with Crippen molar-refractivity contribution in [2.45, 2.75) is 4.21 Å². The smallest absolute Gasteiger partial charge is 0.254 e. The van der Waals surface area contributed by atoms with Gasteiger partial charge in [-0.2, -0.15) is 0 Å². The van der Waals surface area contributed by atoms with Gasteiger partial charge in [-0.15, -0.1) is 11.3 Å². The number of nitrogens with one attached hydrogen (secondary N) is 1. The van der Waals surface area contributed by atoms with Gasteiger partial charge in [0.25, 0.3) is 5.91 Å². The van der Waals surface area contributed by atoms with Gasteiger partial charge in [0.05, 0.1) is 17.4 Å². The van der Waals surface area contributed by atoms with Crippen LogP contribution in [0.1, 0.15) is 10.4 Å². The molecule has 6 nitrogen and oxygen atoms in total. The zero-order valence-corrected chi connectivity index (χ0v) is 20.9. The highest BCUT2D eigenvalue weighted by Crippen LogP contribution is 2.35. The van der Waals surface area contributed by atoms with Gasteiger partial charge in [0, 0.05) is 59.4 Å². The molecule has 1 N–H and O–H groups in total. The van der Waals surface area contributed by atoms with E-state index >= 15 is 0 Å². The van der Waals surface area contributed by atoms with E-state index in [0.29, 0.717) is 31.9 Å². The van der Waals surface area contributed by atoms with Gasteiger partial charge in [0.2, 0.25) is 0 Å². The first-order valence-corrected chi connectivity index (χ1v) is 13.2. The second kappa shape index (κ2) is 9.37. The fraction of sp³-hybridized carbons (Fsp3) is 0.185. The van der Waals surface area contributed by atoms with Crippen molar-refractivity contribution >= 4 is 56.8 Å². The minimum absolute atomic E-state index is 0.0575. The van der Waals surface area contributed by atoms with Gasteiger partial charge in [-0.3, -0.25) is 4.79 Å². The number of aromatic amines is 1. The van der Waals surface area contributed by atoms with Crippen LogP contribution < -0.4 is 4.31 Å². The van der Waals surface area contributed by atoms with E-state index in [1.807, 2.05) is 35.4 Å². The number of ether oxygens (including phenoxy) is 1. The number of nitrogens with zero attached hydrogens (tertiary/aromatic N) is 3. The summed E-state index contributed by atoms with van der Waals surface area (Å²) >= 11 is 3.46. The number of fused-ring (bicyclic) bond motifs is 3. The molecule has 5 aromatic rings. The van der Waals surface area contributed by atoms with Gasteiger partial charge in [-0.25, -0.2) is 4.98 Å². The molecule has 8 heteroatoms. The van der Waals surface area contributed by atoms with E-state index in [1.165, 1.54) is 4.21 Å².